The fourth-order valence-corrected chi connectivity index (χ4v) is 0.860. The third-order valence-electron chi connectivity index (χ3n) is 1.74. The summed E-state index contributed by atoms with van der Waals surface area (Å²) in [5.41, 5.74) is 0. The second-order valence-electron chi connectivity index (χ2n) is 2.60. The lowest BCUT2D eigenvalue weighted by Gasteiger charge is -2.05. The number of carbonyl (C=O) groups is 1. The minimum atomic E-state index is -0.352. The van der Waals surface area contributed by atoms with Crippen molar-refractivity contribution in [3.63, 3.8) is 0 Å². The van der Waals surface area contributed by atoms with E-state index in [4.69, 9.17) is 9.15 Å². The third-order valence-corrected chi connectivity index (χ3v) is 1.74. The van der Waals surface area contributed by atoms with Crippen molar-refractivity contribution in [2.24, 2.45) is 0 Å². The molecule has 0 spiro atoms. The lowest BCUT2D eigenvalue weighted by molar-refractivity contribution is -0.127. The Morgan fingerprint density at radius 3 is 3.00 bits per heavy atom. The van der Waals surface area contributed by atoms with Crippen LogP contribution in [0.2, 0.25) is 0 Å². The topological polar surface area (TPSA) is 39.4 Å². The molecule has 3 heteroatoms. The average molecular weight is 168 g/mol. The molecule has 1 heterocycles. The van der Waals surface area contributed by atoms with Crippen LogP contribution in [0.1, 0.15) is 12.7 Å². The Morgan fingerprint density at radius 2 is 2.50 bits per heavy atom. The van der Waals surface area contributed by atoms with Crippen molar-refractivity contribution in [1.29, 1.82) is 0 Å². The first-order valence-electron chi connectivity index (χ1n) is 3.82. The van der Waals surface area contributed by atoms with Crippen LogP contribution in [-0.4, -0.2) is 19.0 Å². The molecule has 0 bridgehead atoms. The van der Waals surface area contributed by atoms with Gasteiger partial charge in [-0.2, -0.15) is 0 Å². The molecule has 0 aliphatic rings. The highest BCUT2D eigenvalue weighted by Gasteiger charge is 2.13. The molecule has 0 aromatic carbocycles. The zero-order chi connectivity index (χ0) is 8.97. The summed E-state index contributed by atoms with van der Waals surface area (Å²) in [5.74, 6) is 0.719. The van der Waals surface area contributed by atoms with Crippen molar-refractivity contribution >= 4 is 5.78 Å². The van der Waals surface area contributed by atoms with E-state index in [1.54, 1.807) is 25.3 Å². The van der Waals surface area contributed by atoms with Crippen molar-refractivity contribution in [2.45, 2.75) is 19.4 Å². The van der Waals surface area contributed by atoms with E-state index in [-0.39, 0.29) is 11.9 Å². The molecule has 1 aromatic heterocycles. The summed E-state index contributed by atoms with van der Waals surface area (Å²) >= 11 is 0. The lowest BCUT2D eigenvalue weighted by Crippen LogP contribution is -2.20. The molecule has 0 N–H and O–H groups in total. The fourth-order valence-electron chi connectivity index (χ4n) is 0.860. The van der Waals surface area contributed by atoms with Crippen LogP contribution in [0.4, 0.5) is 0 Å². The summed E-state index contributed by atoms with van der Waals surface area (Å²) in [6.07, 6.45) is 1.51. The van der Waals surface area contributed by atoms with E-state index in [2.05, 4.69) is 0 Å². The molecule has 66 valence electrons. The highest BCUT2D eigenvalue weighted by molar-refractivity contribution is 5.84. The number of methoxy groups -OCH3 is 1. The minimum Gasteiger partial charge on any atom is -0.469 e. The Balaban J connectivity index is 2.47. The molecule has 1 rings (SSSR count). The van der Waals surface area contributed by atoms with Crippen molar-refractivity contribution < 1.29 is 13.9 Å². The highest BCUT2D eigenvalue weighted by atomic mass is 16.5. The average Bonchev–Trinajstić information content (AvgIpc) is 2.55. The van der Waals surface area contributed by atoms with Crippen LogP contribution in [0.3, 0.4) is 0 Å². The molecule has 0 saturated carbocycles. The molecule has 0 amide bonds. The number of ether oxygens (including phenoxy) is 1. The smallest absolute Gasteiger partial charge is 0.168 e. The van der Waals surface area contributed by atoms with Crippen molar-refractivity contribution in [2.75, 3.05) is 7.11 Å². The van der Waals surface area contributed by atoms with Gasteiger partial charge in [0.2, 0.25) is 0 Å². The van der Waals surface area contributed by atoms with Gasteiger partial charge in [-0.1, -0.05) is 0 Å². The van der Waals surface area contributed by atoms with E-state index in [0.717, 1.165) is 0 Å². The van der Waals surface area contributed by atoms with Gasteiger partial charge in [0.25, 0.3) is 0 Å². The molecule has 1 unspecified atom stereocenters. The van der Waals surface area contributed by atoms with Gasteiger partial charge < -0.3 is 9.15 Å². The maximum atomic E-state index is 11.3. The monoisotopic (exact) mass is 168 g/mol. The molecular formula is C9H12O3. The highest BCUT2D eigenvalue weighted by Crippen LogP contribution is 2.04. The van der Waals surface area contributed by atoms with Gasteiger partial charge in [-0.25, -0.2) is 0 Å². The summed E-state index contributed by atoms with van der Waals surface area (Å²) in [4.78, 5) is 11.3. The van der Waals surface area contributed by atoms with E-state index in [1.165, 1.54) is 7.11 Å². The van der Waals surface area contributed by atoms with Gasteiger partial charge >= 0.3 is 0 Å². The van der Waals surface area contributed by atoms with Gasteiger partial charge in [0.1, 0.15) is 11.9 Å². The van der Waals surface area contributed by atoms with Gasteiger partial charge in [0.05, 0.1) is 12.7 Å². The summed E-state index contributed by atoms with van der Waals surface area (Å²) < 4.78 is 9.89. The number of hydrogen-bond acceptors (Lipinski definition) is 3. The summed E-state index contributed by atoms with van der Waals surface area (Å²) in [7, 11) is 1.52. The number of hydrogen-bond donors (Lipinski definition) is 0. The number of rotatable bonds is 4. The summed E-state index contributed by atoms with van der Waals surface area (Å²) in [5, 5.41) is 0. The van der Waals surface area contributed by atoms with Gasteiger partial charge in [0.15, 0.2) is 5.78 Å². The Morgan fingerprint density at radius 1 is 1.75 bits per heavy atom. The lowest BCUT2D eigenvalue weighted by atomic mass is 10.1. The first-order valence-corrected chi connectivity index (χ1v) is 3.82. The Labute approximate surface area is 71.3 Å². The van der Waals surface area contributed by atoms with E-state index in [0.29, 0.717) is 12.2 Å². The quantitative estimate of drug-likeness (QED) is 0.682. The predicted octanol–water partition coefficient (Wildman–Crippen LogP) is 1.43. The SMILES string of the molecule is COC(C)C(=O)Cc1ccco1. The van der Waals surface area contributed by atoms with E-state index < -0.39 is 0 Å². The van der Waals surface area contributed by atoms with Crippen LogP contribution in [0, 0.1) is 0 Å². The number of ketones is 1. The van der Waals surface area contributed by atoms with Crippen LogP contribution in [0.25, 0.3) is 0 Å². The van der Waals surface area contributed by atoms with E-state index in [9.17, 15) is 4.79 Å². The van der Waals surface area contributed by atoms with Crippen molar-refractivity contribution in [3.8, 4) is 0 Å². The van der Waals surface area contributed by atoms with Crippen molar-refractivity contribution in [1.82, 2.24) is 0 Å². The predicted molar refractivity (Wildman–Crippen MR) is 43.9 cm³/mol. The Hall–Kier alpha value is -1.09. The fraction of sp³-hybridized carbons (Fsp3) is 0.444. The Bertz CT molecular complexity index is 238. The Kier molecular flexibility index (Phi) is 3.05. The van der Waals surface area contributed by atoms with Gasteiger partial charge in [0, 0.05) is 7.11 Å². The van der Waals surface area contributed by atoms with Crippen LogP contribution in [0.15, 0.2) is 22.8 Å². The molecule has 12 heavy (non-hydrogen) atoms. The molecule has 0 aliphatic heterocycles. The van der Waals surface area contributed by atoms with Crippen LogP contribution < -0.4 is 0 Å². The third kappa shape index (κ3) is 2.20. The summed E-state index contributed by atoms with van der Waals surface area (Å²) in [6, 6.07) is 3.54. The second kappa shape index (κ2) is 4.07. The summed E-state index contributed by atoms with van der Waals surface area (Å²) in [6.45, 7) is 1.73. The largest absolute Gasteiger partial charge is 0.469 e. The maximum Gasteiger partial charge on any atom is 0.168 e. The molecule has 0 radical (unpaired) electrons. The zero-order valence-corrected chi connectivity index (χ0v) is 7.24. The van der Waals surface area contributed by atoms with E-state index in [1.807, 2.05) is 0 Å². The molecule has 0 saturated heterocycles. The molecule has 1 aromatic rings. The second-order valence-corrected chi connectivity index (χ2v) is 2.60. The van der Waals surface area contributed by atoms with Crippen molar-refractivity contribution in [3.05, 3.63) is 24.2 Å². The van der Waals surface area contributed by atoms with Crippen LogP contribution >= 0.6 is 0 Å². The van der Waals surface area contributed by atoms with E-state index >= 15 is 0 Å². The standard InChI is InChI=1S/C9H12O3/c1-7(11-2)9(10)6-8-4-3-5-12-8/h3-5,7H,6H2,1-2H3. The molecule has 1 atom stereocenters. The molecule has 0 aliphatic carbocycles. The van der Waals surface area contributed by atoms with Gasteiger partial charge in [-0.15, -0.1) is 0 Å². The molecule has 3 nitrogen and oxygen atoms in total. The molecular weight excluding hydrogens is 156 g/mol. The van der Waals surface area contributed by atoms with Crippen LogP contribution in [-0.2, 0) is 16.0 Å². The molecule has 0 fully saturated rings. The number of carbonyl (C=O) groups excluding carboxylic acids is 1. The normalized spacial score (nSPS) is 12.8. The maximum absolute atomic E-state index is 11.3. The number of Topliss-reactive ketones (excluding diaryl/α,β-unsaturated/α-hetero) is 1. The zero-order valence-electron chi connectivity index (χ0n) is 7.24. The van der Waals surface area contributed by atoms with Crippen LogP contribution in [0.5, 0.6) is 0 Å². The van der Waals surface area contributed by atoms with Gasteiger partial charge in [-0.3, -0.25) is 4.79 Å². The first kappa shape index (κ1) is 9.00. The first-order chi connectivity index (χ1) is 5.74. The minimum absolute atomic E-state index is 0.0347. The van der Waals surface area contributed by atoms with Gasteiger partial charge in [-0.05, 0) is 19.1 Å². The number of furan rings is 1.